The normalized spacial score (nSPS) is 26.2. The van der Waals surface area contributed by atoms with Crippen LogP contribution in [0.4, 0.5) is 0 Å². The van der Waals surface area contributed by atoms with E-state index in [1.165, 1.54) is 24.3 Å². The molecule has 0 aliphatic carbocycles. The first-order valence-corrected chi connectivity index (χ1v) is 9.60. The number of aliphatic hydroxyl groups excluding tert-OH is 4. The van der Waals surface area contributed by atoms with Crippen molar-refractivity contribution in [3.8, 4) is 17.2 Å². The Balaban J connectivity index is 1.71. The molecule has 0 amide bonds. The molecule has 1 saturated heterocycles. The molecule has 5 unspecified atom stereocenters. The van der Waals surface area contributed by atoms with Gasteiger partial charge >= 0.3 is 5.63 Å². The lowest BCUT2D eigenvalue weighted by Crippen LogP contribution is -2.60. The SMILES string of the molecule is O=c1oc2cc(O)cc(OC3OC(CO)C(O)C(O)C3O)c2c2oc3cc(O)ccc3c12. The predicted octanol–water partition coefficient (Wildman–Crippen LogP) is 0.282. The van der Waals surface area contributed by atoms with Gasteiger partial charge in [-0.15, -0.1) is 0 Å². The van der Waals surface area contributed by atoms with Crippen LogP contribution in [-0.2, 0) is 4.74 Å². The lowest BCUT2D eigenvalue weighted by molar-refractivity contribution is -0.277. The first-order chi connectivity index (χ1) is 15.3. The molecule has 0 radical (unpaired) electrons. The van der Waals surface area contributed by atoms with E-state index in [1.54, 1.807) is 0 Å². The number of hydrogen-bond donors (Lipinski definition) is 6. The summed E-state index contributed by atoms with van der Waals surface area (Å²) in [6.07, 6.45) is -7.73. The van der Waals surface area contributed by atoms with Crippen molar-refractivity contribution in [2.24, 2.45) is 0 Å². The van der Waals surface area contributed by atoms with Crippen molar-refractivity contribution in [1.29, 1.82) is 0 Å². The number of ether oxygens (including phenoxy) is 2. The van der Waals surface area contributed by atoms with E-state index < -0.39 is 42.9 Å². The summed E-state index contributed by atoms with van der Waals surface area (Å²) in [6.45, 7) is -0.655. The van der Waals surface area contributed by atoms with Gasteiger partial charge in [0, 0.05) is 23.6 Å². The minimum absolute atomic E-state index is 0.0384. The van der Waals surface area contributed by atoms with Gasteiger partial charge < -0.3 is 48.9 Å². The van der Waals surface area contributed by atoms with Gasteiger partial charge in [-0.1, -0.05) is 0 Å². The summed E-state index contributed by atoms with van der Waals surface area (Å²) in [4.78, 5) is 12.6. The van der Waals surface area contributed by atoms with Crippen molar-refractivity contribution < 1.29 is 48.9 Å². The number of rotatable bonds is 3. The summed E-state index contributed by atoms with van der Waals surface area (Å²) in [5.41, 5.74) is -0.602. The zero-order valence-electron chi connectivity index (χ0n) is 16.2. The monoisotopic (exact) mass is 446 g/mol. The molecular formula is C21H18O11. The number of furan rings is 1. The number of hydrogen-bond acceptors (Lipinski definition) is 11. The Kier molecular flexibility index (Phi) is 4.73. The fourth-order valence-corrected chi connectivity index (χ4v) is 3.88. The van der Waals surface area contributed by atoms with Crippen LogP contribution in [0.25, 0.3) is 32.9 Å². The summed E-state index contributed by atoms with van der Waals surface area (Å²) in [5.74, 6) is -0.546. The topological polar surface area (TPSA) is 183 Å². The molecule has 1 aliphatic heterocycles. The predicted molar refractivity (Wildman–Crippen MR) is 107 cm³/mol. The molecule has 2 aromatic heterocycles. The van der Waals surface area contributed by atoms with Gasteiger partial charge in [-0.25, -0.2) is 4.79 Å². The average molecular weight is 446 g/mol. The van der Waals surface area contributed by atoms with Crippen molar-refractivity contribution >= 4 is 32.9 Å². The summed E-state index contributed by atoms with van der Waals surface area (Å²) in [6, 6.07) is 6.51. The van der Waals surface area contributed by atoms with E-state index in [0.717, 1.165) is 6.07 Å². The standard InChI is InChI=1S/C21H18O11/c22-6-13-16(25)17(26)18(27)21(32-13)31-12-5-8(24)4-11-15(12)19-14(20(28)30-11)9-2-1-7(23)3-10(9)29-19/h1-5,13,16-18,21-27H,6H2. The molecule has 0 spiro atoms. The fraction of sp³-hybridized carbons (Fsp3) is 0.286. The number of fused-ring (bicyclic) bond motifs is 5. The minimum atomic E-state index is -1.70. The van der Waals surface area contributed by atoms with Crippen LogP contribution in [0.1, 0.15) is 0 Å². The highest BCUT2D eigenvalue weighted by Crippen LogP contribution is 2.40. The summed E-state index contributed by atoms with van der Waals surface area (Å²) < 4.78 is 22.2. The molecule has 6 N–H and O–H groups in total. The van der Waals surface area contributed by atoms with E-state index in [-0.39, 0.29) is 44.8 Å². The van der Waals surface area contributed by atoms with Gasteiger partial charge in [0.15, 0.2) is 5.58 Å². The second-order valence-corrected chi connectivity index (χ2v) is 7.51. The number of phenolic OH excluding ortho intramolecular Hbond substituents is 2. The molecule has 5 atom stereocenters. The Bertz CT molecular complexity index is 1390. The van der Waals surface area contributed by atoms with E-state index in [4.69, 9.17) is 18.3 Å². The summed E-state index contributed by atoms with van der Waals surface area (Å²) in [7, 11) is 0. The molecule has 0 saturated carbocycles. The lowest BCUT2D eigenvalue weighted by atomic mass is 9.99. The van der Waals surface area contributed by atoms with Gasteiger partial charge in [0.25, 0.3) is 0 Å². The second kappa shape index (κ2) is 7.36. The Labute approximate surface area is 177 Å². The third kappa shape index (κ3) is 3.06. The van der Waals surface area contributed by atoms with Crippen LogP contribution in [0.15, 0.2) is 44.0 Å². The first kappa shape index (κ1) is 20.5. The molecule has 1 fully saturated rings. The van der Waals surface area contributed by atoms with Crippen LogP contribution in [0.3, 0.4) is 0 Å². The number of phenols is 2. The van der Waals surface area contributed by atoms with E-state index in [1.807, 2.05) is 0 Å². The largest absolute Gasteiger partial charge is 0.508 e. The zero-order chi connectivity index (χ0) is 22.7. The van der Waals surface area contributed by atoms with E-state index in [9.17, 15) is 35.4 Å². The highest BCUT2D eigenvalue weighted by molar-refractivity contribution is 6.14. The summed E-state index contributed by atoms with van der Waals surface area (Å²) >= 11 is 0. The molecule has 2 aromatic carbocycles. The molecule has 3 heterocycles. The lowest BCUT2D eigenvalue weighted by Gasteiger charge is -2.39. The maximum Gasteiger partial charge on any atom is 0.348 e. The molecule has 32 heavy (non-hydrogen) atoms. The van der Waals surface area contributed by atoms with Crippen LogP contribution in [0, 0.1) is 0 Å². The highest BCUT2D eigenvalue weighted by atomic mass is 16.7. The molecule has 11 heteroatoms. The third-order valence-corrected chi connectivity index (χ3v) is 5.45. The Morgan fingerprint density at radius 2 is 1.62 bits per heavy atom. The van der Waals surface area contributed by atoms with Crippen LogP contribution in [0.5, 0.6) is 17.2 Å². The smallest absolute Gasteiger partial charge is 0.348 e. The van der Waals surface area contributed by atoms with Gasteiger partial charge in [0.2, 0.25) is 6.29 Å². The van der Waals surface area contributed by atoms with Crippen molar-refractivity contribution in [2.75, 3.05) is 6.61 Å². The van der Waals surface area contributed by atoms with E-state index in [0.29, 0.717) is 5.39 Å². The first-order valence-electron chi connectivity index (χ1n) is 9.60. The third-order valence-electron chi connectivity index (χ3n) is 5.45. The quantitative estimate of drug-likeness (QED) is 0.238. The number of benzene rings is 2. The second-order valence-electron chi connectivity index (χ2n) is 7.51. The van der Waals surface area contributed by atoms with Crippen LogP contribution in [-0.4, -0.2) is 68.0 Å². The van der Waals surface area contributed by atoms with Crippen molar-refractivity contribution in [2.45, 2.75) is 30.7 Å². The molecule has 1 aliphatic rings. The average Bonchev–Trinajstić information content (AvgIpc) is 3.12. The Morgan fingerprint density at radius 3 is 2.38 bits per heavy atom. The van der Waals surface area contributed by atoms with E-state index >= 15 is 0 Å². The molecular weight excluding hydrogens is 428 g/mol. The van der Waals surface area contributed by atoms with Gasteiger partial charge in [-0.2, -0.15) is 0 Å². The zero-order valence-corrected chi connectivity index (χ0v) is 16.2. The Hall–Kier alpha value is -3.35. The van der Waals surface area contributed by atoms with Gasteiger partial charge in [-0.05, 0) is 12.1 Å². The maximum atomic E-state index is 12.6. The van der Waals surface area contributed by atoms with Crippen molar-refractivity contribution in [3.63, 3.8) is 0 Å². The van der Waals surface area contributed by atoms with E-state index in [2.05, 4.69) is 0 Å². The molecule has 5 rings (SSSR count). The van der Waals surface area contributed by atoms with Crippen molar-refractivity contribution in [3.05, 3.63) is 40.8 Å². The van der Waals surface area contributed by atoms with Gasteiger partial charge in [0.1, 0.15) is 63.6 Å². The van der Waals surface area contributed by atoms with Crippen molar-refractivity contribution in [1.82, 2.24) is 0 Å². The highest BCUT2D eigenvalue weighted by Gasteiger charge is 2.45. The van der Waals surface area contributed by atoms with Crippen LogP contribution >= 0.6 is 0 Å². The molecule has 0 bridgehead atoms. The summed E-state index contributed by atoms with van der Waals surface area (Å²) in [5, 5.41) is 60.1. The van der Waals surface area contributed by atoms with Gasteiger partial charge in [0.05, 0.1) is 6.61 Å². The molecule has 11 nitrogen and oxygen atoms in total. The van der Waals surface area contributed by atoms with Crippen LogP contribution in [0.2, 0.25) is 0 Å². The molecule has 4 aromatic rings. The number of aliphatic hydroxyl groups is 4. The fourth-order valence-electron chi connectivity index (χ4n) is 3.88. The minimum Gasteiger partial charge on any atom is -0.508 e. The van der Waals surface area contributed by atoms with Gasteiger partial charge in [-0.3, -0.25) is 0 Å². The Morgan fingerprint density at radius 1 is 0.875 bits per heavy atom. The number of aromatic hydroxyl groups is 2. The van der Waals surface area contributed by atoms with Crippen LogP contribution < -0.4 is 10.4 Å². The molecule has 168 valence electrons. The maximum absolute atomic E-state index is 12.6.